The van der Waals surface area contributed by atoms with Crippen LogP contribution in [0, 0.1) is 0 Å². The number of nitrogens with one attached hydrogen (secondary N) is 1. The van der Waals surface area contributed by atoms with Gasteiger partial charge in [-0.3, -0.25) is 14.5 Å². The lowest BCUT2D eigenvalue weighted by molar-refractivity contribution is -0.138. The maximum atomic E-state index is 11.0. The molecular weight excluding hydrogens is 572 g/mol. The molecule has 1 amide bonds. The summed E-state index contributed by atoms with van der Waals surface area (Å²) < 4.78 is 49.3. The van der Waals surface area contributed by atoms with Crippen LogP contribution < -0.4 is 16.8 Å². The summed E-state index contributed by atoms with van der Waals surface area (Å²) in [6.07, 6.45) is -0.0158. The maximum absolute atomic E-state index is 11.0. The fourth-order valence-electron chi connectivity index (χ4n) is 3.12. The van der Waals surface area contributed by atoms with Gasteiger partial charge in [-0.2, -0.15) is 0 Å². The van der Waals surface area contributed by atoms with Gasteiger partial charge in [0.25, 0.3) is 0 Å². The van der Waals surface area contributed by atoms with Crippen molar-refractivity contribution in [3.8, 4) is 0 Å². The zero-order valence-electron chi connectivity index (χ0n) is 25.7. The molecule has 0 aliphatic carbocycles. The Morgan fingerprint density at radius 1 is 0.512 bits per heavy atom. The third-order valence-corrected chi connectivity index (χ3v) is 5.36. The molecule has 0 radical (unpaired) electrons. The average molecular weight is 629 g/mol. The van der Waals surface area contributed by atoms with Crippen molar-refractivity contribution in [2.45, 2.75) is 6.42 Å². The standard InChI is InChI=1S/C27H56N4O12/c28-2-8-36-14-20-42-23-17-39-11-5-31(4-10-38-16-22-41-19-13-35-7-1-27(33)34)6-12-40-18-24-43-21-15-37-9-3-30-26(32)25-29/h1-25,28-29H2,(H,30,32)(H,33,34). The largest absolute Gasteiger partial charge is 0.481 e. The van der Waals surface area contributed by atoms with Gasteiger partial charge >= 0.3 is 5.97 Å². The molecule has 6 N–H and O–H groups in total. The van der Waals surface area contributed by atoms with Crippen LogP contribution in [0.5, 0.6) is 0 Å². The second kappa shape index (κ2) is 34.9. The Morgan fingerprint density at radius 2 is 0.860 bits per heavy atom. The molecule has 0 atom stereocenters. The highest BCUT2D eigenvalue weighted by molar-refractivity contribution is 5.77. The van der Waals surface area contributed by atoms with Crippen LogP contribution in [0.25, 0.3) is 0 Å². The first-order chi connectivity index (χ1) is 21.1. The predicted molar refractivity (Wildman–Crippen MR) is 157 cm³/mol. The quantitative estimate of drug-likeness (QED) is 0.0551. The zero-order valence-corrected chi connectivity index (χ0v) is 25.7. The minimum Gasteiger partial charge on any atom is -0.481 e. The van der Waals surface area contributed by atoms with Crippen LogP contribution in [0.15, 0.2) is 0 Å². The van der Waals surface area contributed by atoms with Crippen LogP contribution >= 0.6 is 0 Å². The van der Waals surface area contributed by atoms with Crippen LogP contribution in [-0.2, 0) is 52.2 Å². The second-order valence-electron chi connectivity index (χ2n) is 8.84. The Balaban J connectivity index is 3.93. The number of carbonyl (C=O) groups is 2. The minimum atomic E-state index is -0.883. The van der Waals surface area contributed by atoms with E-state index in [9.17, 15) is 9.59 Å². The number of nitrogens with zero attached hydrogens (tertiary/aromatic N) is 1. The number of hydrogen-bond donors (Lipinski definition) is 4. The number of hydrogen-bond acceptors (Lipinski definition) is 14. The molecule has 43 heavy (non-hydrogen) atoms. The normalized spacial score (nSPS) is 11.4. The third kappa shape index (κ3) is 34.8. The molecule has 0 saturated carbocycles. The molecule has 0 fully saturated rings. The summed E-state index contributed by atoms with van der Waals surface area (Å²) in [5.74, 6) is -1.09. The molecule has 0 aromatic carbocycles. The molecule has 0 spiro atoms. The number of carboxylic acids is 1. The van der Waals surface area contributed by atoms with Crippen molar-refractivity contribution in [1.29, 1.82) is 0 Å². The third-order valence-electron chi connectivity index (χ3n) is 5.36. The number of amides is 1. The Kier molecular flexibility index (Phi) is 33.7. The number of carbonyl (C=O) groups excluding carboxylic acids is 1. The van der Waals surface area contributed by atoms with E-state index < -0.39 is 5.97 Å². The Labute approximate surface area is 255 Å². The lowest BCUT2D eigenvalue weighted by Gasteiger charge is -2.22. The zero-order chi connectivity index (χ0) is 31.5. The molecule has 0 heterocycles. The summed E-state index contributed by atoms with van der Waals surface area (Å²) in [7, 11) is 0. The van der Waals surface area contributed by atoms with Gasteiger partial charge in [-0.05, 0) is 0 Å². The molecule has 256 valence electrons. The van der Waals surface area contributed by atoms with Crippen LogP contribution in [-0.4, -0.2) is 180 Å². The average Bonchev–Trinajstić information content (AvgIpc) is 3.00. The summed E-state index contributed by atoms with van der Waals surface area (Å²) in [5, 5.41) is 11.2. The van der Waals surface area contributed by atoms with Gasteiger partial charge in [-0.25, -0.2) is 0 Å². The highest BCUT2D eigenvalue weighted by Crippen LogP contribution is 1.93. The number of nitrogens with two attached hydrogens (primary N) is 2. The Hall–Kier alpha value is -1.54. The van der Waals surface area contributed by atoms with Gasteiger partial charge in [0.1, 0.15) is 0 Å². The van der Waals surface area contributed by atoms with Gasteiger partial charge in [0.2, 0.25) is 5.91 Å². The minimum absolute atomic E-state index is 0.0158. The van der Waals surface area contributed by atoms with Gasteiger partial charge in [-0.1, -0.05) is 0 Å². The highest BCUT2D eigenvalue weighted by atomic mass is 16.6. The number of carboxylic acid groups (broad SMARTS) is 1. The van der Waals surface area contributed by atoms with E-state index in [0.717, 1.165) is 6.54 Å². The van der Waals surface area contributed by atoms with Crippen LogP contribution in [0.2, 0.25) is 0 Å². The van der Waals surface area contributed by atoms with E-state index in [1.54, 1.807) is 0 Å². The summed E-state index contributed by atoms with van der Waals surface area (Å²) in [4.78, 5) is 23.7. The van der Waals surface area contributed by atoms with Crippen LogP contribution in [0.4, 0.5) is 0 Å². The fraction of sp³-hybridized carbons (Fsp3) is 0.926. The van der Waals surface area contributed by atoms with E-state index in [1.165, 1.54) is 0 Å². The lowest BCUT2D eigenvalue weighted by atomic mass is 10.4. The lowest BCUT2D eigenvalue weighted by Crippen LogP contribution is -2.34. The Bertz CT molecular complexity index is 610. The molecular formula is C27H56N4O12. The van der Waals surface area contributed by atoms with E-state index in [4.69, 9.17) is 59.2 Å². The first kappa shape index (κ1) is 41.5. The maximum Gasteiger partial charge on any atom is 0.305 e. The number of aliphatic carboxylic acids is 1. The fourth-order valence-corrected chi connectivity index (χ4v) is 3.12. The van der Waals surface area contributed by atoms with Crippen molar-refractivity contribution in [2.75, 3.05) is 158 Å². The second-order valence-corrected chi connectivity index (χ2v) is 8.84. The van der Waals surface area contributed by atoms with E-state index in [-0.39, 0.29) is 25.5 Å². The molecule has 0 saturated heterocycles. The van der Waals surface area contributed by atoms with Gasteiger partial charge < -0.3 is 64.5 Å². The topological polar surface area (TPSA) is 205 Å². The van der Waals surface area contributed by atoms with Crippen molar-refractivity contribution in [3.63, 3.8) is 0 Å². The van der Waals surface area contributed by atoms with Crippen molar-refractivity contribution in [3.05, 3.63) is 0 Å². The molecule has 0 rings (SSSR count). The Morgan fingerprint density at radius 3 is 1.23 bits per heavy atom. The van der Waals surface area contributed by atoms with Crippen LogP contribution in [0.1, 0.15) is 6.42 Å². The predicted octanol–water partition coefficient (Wildman–Crippen LogP) is -2.05. The highest BCUT2D eigenvalue weighted by Gasteiger charge is 2.06. The number of rotatable bonds is 36. The van der Waals surface area contributed by atoms with E-state index in [1.807, 2.05) is 0 Å². The molecule has 16 heteroatoms. The van der Waals surface area contributed by atoms with Crippen molar-refractivity contribution in [1.82, 2.24) is 10.2 Å². The summed E-state index contributed by atoms with van der Waals surface area (Å²) in [5.41, 5.74) is 10.6. The summed E-state index contributed by atoms with van der Waals surface area (Å²) in [6.45, 7) is 11.2. The first-order valence-electron chi connectivity index (χ1n) is 14.9. The monoisotopic (exact) mass is 628 g/mol. The summed E-state index contributed by atoms with van der Waals surface area (Å²) >= 11 is 0. The van der Waals surface area contributed by atoms with E-state index in [0.29, 0.717) is 138 Å². The van der Waals surface area contributed by atoms with E-state index >= 15 is 0 Å². The molecule has 0 bridgehead atoms. The van der Waals surface area contributed by atoms with Crippen molar-refractivity contribution in [2.24, 2.45) is 11.5 Å². The molecule has 0 unspecified atom stereocenters. The van der Waals surface area contributed by atoms with Gasteiger partial charge in [0.15, 0.2) is 0 Å². The number of ether oxygens (including phenoxy) is 9. The van der Waals surface area contributed by atoms with Crippen molar-refractivity contribution < 1.29 is 57.3 Å². The van der Waals surface area contributed by atoms with Gasteiger partial charge in [0.05, 0.1) is 132 Å². The smallest absolute Gasteiger partial charge is 0.305 e. The van der Waals surface area contributed by atoms with Gasteiger partial charge in [0, 0.05) is 32.7 Å². The summed E-state index contributed by atoms with van der Waals surface area (Å²) in [6, 6.07) is 0. The first-order valence-corrected chi connectivity index (χ1v) is 14.9. The molecule has 16 nitrogen and oxygen atoms in total. The van der Waals surface area contributed by atoms with Gasteiger partial charge in [-0.15, -0.1) is 0 Å². The molecule has 0 aliphatic rings. The SMILES string of the molecule is NCCOCCOCCOCCN(CCOCCOCCOCCNC(=O)CN)CCOCCOCCOCCC(=O)O. The molecule has 0 aromatic rings. The van der Waals surface area contributed by atoms with Crippen molar-refractivity contribution >= 4 is 11.9 Å². The van der Waals surface area contributed by atoms with E-state index in [2.05, 4.69) is 10.2 Å². The van der Waals surface area contributed by atoms with Crippen LogP contribution in [0.3, 0.4) is 0 Å². The molecule has 0 aromatic heterocycles. The molecule has 0 aliphatic heterocycles.